The molecule has 0 fully saturated rings. The largest absolute Gasteiger partial charge is 0.0999 e. The fourth-order valence-electron chi connectivity index (χ4n) is 1.78. The van der Waals surface area contributed by atoms with Crippen LogP contribution in [0.3, 0.4) is 0 Å². The van der Waals surface area contributed by atoms with Crippen LogP contribution in [0.15, 0.2) is 12.2 Å². The monoisotopic (exact) mass is 168 g/mol. The van der Waals surface area contributed by atoms with E-state index in [4.69, 9.17) is 0 Å². The van der Waals surface area contributed by atoms with Gasteiger partial charge in [-0.15, -0.1) is 0 Å². The molecule has 0 spiro atoms. The molecule has 1 unspecified atom stereocenters. The van der Waals surface area contributed by atoms with Crippen LogP contribution in [0.5, 0.6) is 0 Å². The molecule has 0 saturated heterocycles. The minimum absolute atomic E-state index is 0.493. The van der Waals surface area contributed by atoms with E-state index in [-0.39, 0.29) is 0 Å². The Kier molecular flexibility index (Phi) is 4.59. The normalized spacial score (nSPS) is 14.4. The van der Waals surface area contributed by atoms with Gasteiger partial charge in [0.25, 0.3) is 0 Å². The molecule has 0 heterocycles. The van der Waals surface area contributed by atoms with E-state index in [1.165, 1.54) is 24.8 Å². The number of rotatable bonds is 5. The van der Waals surface area contributed by atoms with Crippen LogP contribution in [0.2, 0.25) is 0 Å². The van der Waals surface area contributed by atoms with Gasteiger partial charge in [0.2, 0.25) is 0 Å². The maximum absolute atomic E-state index is 4.00. The van der Waals surface area contributed by atoms with Gasteiger partial charge in [-0.05, 0) is 31.1 Å². The zero-order valence-corrected chi connectivity index (χ0v) is 9.41. The molecule has 0 rings (SSSR count). The Balaban J connectivity index is 3.95. The molecule has 0 heteroatoms. The lowest BCUT2D eigenvalue weighted by molar-refractivity contribution is 0.270. The van der Waals surface area contributed by atoms with Crippen molar-refractivity contribution in [3.63, 3.8) is 0 Å². The SMILES string of the molecule is C=C(C)C(C)CC(C)(C)CCC. The third kappa shape index (κ3) is 4.58. The van der Waals surface area contributed by atoms with E-state index in [9.17, 15) is 0 Å². The minimum Gasteiger partial charge on any atom is -0.0999 e. The van der Waals surface area contributed by atoms with Gasteiger partial charge in [0.05, 0.1) is 0 Å². The molecule has 0 aliphatic carbocycles. The molecule has 0 aromatic rings. The van der Waals surface area contributed by atoms with E-state index in [0.717, 1.165) is 0 Å². The summed E-state index contributed by atoms with van der Waals surface area (Å²) < 4.78 is 0. The van der Waals surface area contributed by atoms with Gasteiger partial charge in [-0.25, -0.2) is 0 Å². The van der Waals surface area contributed by atoms with Crippen LogP contribution < -0.4 is 0 Å². The standard InChI is InChI=1S/C12H24/c1-7-8-12(5,6)9-11(4)10(2)3/h11H,2,7-9H2,1,3-6H3. The maximum Gasteiger partial charge on any atom is -0.0232 e. The highest BCUT2D eigenvalue weighted by Crippen LogP contribution is 2.32. The fourth-order valence-corrected chi connectivity index (χ4v) is 1.78. The van der Waals surface area contributed by atoms with Crippen LogP contribution >= 0.6 is 0 Å². The van der Waals surface area contributed by atoms with E-state index in [1.807, 2.05) is 0 Å². The summed E-state index contributed by atoms with van der Waals surface area (Å²) in [7, 11) is 0. The van der Waals surface area contributed by atoms with Crippen LogP contribution in [0, 0.1) is 11.3 Å². The van der Waals surface area contributed by atoms with E-state index < -0.39 is 0 Å². The molecular formula is C12H24. The highest BCUT2D eigenvalue weighted by Gasteiger charge is 2.19. The minimum atomic E-state index is 0.493. The van der Waals surface area contributed by atoms with Crippen LogP contribution in [0.25, 0.3) is 0 Å². The van der Waals surface area contributed by atoms with Crippen molar-refractivity contribution in [1.29, 1.82) is 0 Å². The van der Waals surface area contributed by atoms with Crippen LogP contribution in [0.4, 0.5) is 0 Å². The Hall–Kier alpha value is -0.260. The first kappa shape index (κ1) is 11.7. The lowest BCUT2D eigenvalue weighted by atomic mass is 9.78. The van der Waals surface area contributed by atoms with Crippen molar-refractivity contribution >= 4 is 0 Å². The molecule has 0 bridgehead atoms. The molecule has 0 aliphatic rings. The van der Waals surface area contributed by atoms with Gasteiger partial charge in [-0.3, -0.25) is 0 Å². The van der Waals surface area contributed by atoms with Crippen molar-refractivity contribution in [3.05, 3.63) is 12.2 Å². The maximum atomic E-state index is 4.00. The fraction of sp³-hybridized carbons (Fsp3) is 0.833. The third-order valence-corrected chi connectivity index (χ3v) is 2.63. The lowest BCUT2D eigenvalue weighted by Crippen LogP contribution is -2.15. The second-order valence-electron chi connectivity index (χ2n) is 4.87. The van der Waals surface area contributed by atoms with Gasteiger partial charge in [-0.1, -0.05) is 46.3 Å². The Morgan fingerprint density at radius 1 is 1.42 bits per heavy atom. The van der Waals surface area contributed by atoms with E-state index in [1.54, 1.807) is 0 Å². The lowest BCUT2D eigenvalue weighted by Gasteiger charge is -2.27. The van der Waals surface area contributed by atoms with Gasteiger partial charge >= 0.3 is 0 Å². The molecule has 0 radical (unpaired) electrons. The molecule has 0 aromatic carbocycles. The van der Waals surface area contributed by atoms with Gasteiger partial charge in [0.1, 0.15) is 0 Å². The van der Waals surface area contributed by atoms with Crippen LogP contribution in [0.1, 0.15) is 53.9 Å². The Labute approximate surface area is 78.1 Å². The summed E-state index contributed by atoms with van der Waals surface area (Å²) in [6.45, 7) is 15.4. The second kappa shape index (κ2) is 4.69. The molecule has 0 nitrogen and oxygen atoms in total. The molecule has 0 aromatic heterocycles. The van der Waals surface area contributed by atoms with Gasteiger partial charge in [0.15, 0.2) is 0 Å². The first-order valence-corrected chi connectivity index (χ1v) is 5.04. The first-order valence-electron chi connectivity index (χ1n) is 5.04. The summed E-state index contributed by atoms with van der Waals surface area (Å²) in [5.41, 5.74) is 1.81. The molecule has 0 amide bonds. The van der Waals surface area contributed by atoms with E-state index >= 15 is 0 Å². The molecular weight excluding hydrogens is 144 g/mol. The molecule has 1 atom stereocenters. The van der Waals surface area contributed by atoms with Crippen LogP contribution in [-0.2, 0) is 0 Å². The zero-order chi connectivity index (χ0) is 9.78. The van der Waals surface area contributed by atoms with Gasteiger partial charge in [-0.2, -0.15) is 0 Å². The van der Waals surface area contributed by atoms with Crippen molar-refractivity contribution < 1.29 is 0 Å². The summed E-state index contributed by atoms with van der Waals surface area (Å²) in [6, 6.07) is 0. The predicted octanol–water partition coefficient (Wildman–Crippen LogP) is 4.42. The summed E-state index contributed by atoms with van der Waals surface area (Å²) in [5, 5.41) is 0. The van der Waals surface area contributed by atoms with E-state index in [2.05, 4.69) is 41.2 Å². The predicted molar refractivity (Wildman–Crippen MR) is 57.3 cm³/mol. The van der Waals surface area contributed by atoms with Crippen molar-refractivity contribution in [2.45, 2.75) is 53.9 Å². The number of allylic oxidation sites excluding steroid dienone is 1. The highest BCUT2D eigenvalue weighted by atomic mass is 14.2. The van der Waals surface area contributed by atoms with Crippen molar-refractivity contribution in [3.8, 4) is 0 Å². The van der Waals surface area contributed by atoms with E-state index in [0.29, 0.717) is 11.3 Å². The third-order valence-electron chi connectivity index (χ3n) is 2.63. The molecule has 12 heavy (non-hydrogen) atoms. The van der Waals surface area contributed by atoms with Gasteiger partial charge < -0.3 is 0 Å². The van der Waals surface area contributed by atoms with Gasteiger partial charge in [0, 0.05) is 0 Å². The summed E-state index contributed by atoms with van der Waals surface area (Å²) in [6.07, 6.45) is 3.89. The van der Waals surface area contributed by atoms with Crippen LogP contribution in [-0.4, -0.2) is 0 Å². The topological polar surface area (TPSA) is 0 Å². The zero-order valence-electron chi connectivity index (χ0n) is 9.41. The van der Waals surface area contributed by atoms with Crippen molar-refractivity contribution in [1.82, 2.24) is 0 Å². The summed E-state index contributed by atoms with van der Waals surface area (Å²) >= 11 is 0. The Morgan fingerprint density at radius 3 is 2.25 bits per heavy atom. The van der Waals surface area contributed by atoms with Crippen molar-refractivity contribution in [2.75, 3.05) is 0 Å². The quantitative estimate of drug-likeness (QED) is 0.533. The molecule has 0 aliphatic heterocycles. The molecule has 0 N–H and O–H groups in total. The second-order valence-corrected chi connectivity index (χ2v) is 4.87. The first-order chi connectivity index (χ1) is 5.39. The molecule has 0 saturated carbocycles. The van der Waals surface area contributed by atoms with Crippen molar-refractivity contribution in [2.24, 2.45) is 11.3 Å². The Morgan fingerprint density at radius 2 is 1.92 bits per heavy atom. The highest BCUT2D eigenvalue weighted by molar-refractivity contribution is 4.95. The average Bonchev–Trinajstić information content (AvgIpc) is 1.85. The summed E-state index contributed by atoms with van der Waals surface area (Å²) in [5.74, 6) is 0.673. The smallest absolute Gasteiger partial charge is 0.0232 e. The number of hydrogen-bond acceptors (Lipinski definition) is 0. The summed E-state index contributed by atoms with van der Waals surface area (Å²) in [4.78, 5) is 0. The average molecular weight is 168 g/mol. The molecule has 72 valence electrons. The number of hydrogen-bond donors (Lipinski definition) is 0. The Bertz CT molecular complexity index is 142.